The molecule has 0 aliphatic carbocycles. The van der Waals surface area contributed by atoms with Crippen LogP contribution in [0.5, 0.6) is 0 Å². The van der Waals surface area contributed by atoms with Gasteiger partial charge in [0.1, 0.15) is 17.5 Å². The highest BCUT2D eigenvalue weighted by Gasteiger charge is 2.38. The second-order valence-electron chi connectivity index (χ2n) is 7.76. The first-order valence-corrected chi connectivity index (χ1v) is 10.2. The first-order chi connectivity index (χ1) is 15.3. The molecule has 0 amide bonds. The van der Waals surface area contributed by atoms with Crippen LogP contribution in [0.25, 0.3) is 11.3 Å². The van der Waals surface area contributed by atoms with E-state index in [0.717, 1.165) is 5.56 Å². The summed E-state index contributed by atoms with van der Waals surface area (Å²) in [6.07, 6.45) is 4.58. The molecule has 168 valence electrons. The molecule has 1 unspecified atom stereocenters. The highest BCUT2D eigenvalue weighted by molar-refractivity contribution is 5.65. The number of aromatic nitrogens is 3. The standard InChI is InChI=1S/C22H23F3N6O/c1-22(24,25)31(32)30-10-4-6-16(14-30)21-28-19(15-5-3-9-26-13-15)12-20(29-21)27-18-8-2-7-17(23)11-18/h2-3,5,7-9,11-13,16,32H,4,6,10,14H2,1H3,(H,27,28,29). The van der Waals surface area contributed by atoms with Crippen molar-refractivity contribution in [2.75, 3.05) is 18.4 Å². The molecule has 1 atom stereocenters. The summed E-state index contributed by atoms with van der Waals surface area (Å²) in [5.74, 6) is 0.217. The molecule has 1 fully saturated rings. The van der Waals surface area contributed by atoms with Gasteiger partial charge in [-0.05, 0) is 43.2 Å². The average Bonchev–Trinajstić information content (AvgIpc) is 2.78. The molecule has 1 aliphatic heterocycles. The van der Waals surface area contributed by atoms with Crippen molar-refractivity contribution in [1.82, 2.24) is 25.1 Å². The van der Waals surface area contributed by atoms with Crippen LogP contribution in [0.15, 0.2) is 54.9 Å². The quantitative estimate of drug-likeness (QED) is 0.417. The minimum atomic E-state index is -3.40. The second kappa shape index (κ2) is 9.19. The zero-order valence-electron chi connectivity index (χ0n) is 17.4. The molecule has 0 spiro atoms. The number of hydroxylamine groups is 1. The van der Waals surface area contributed by atoms with Crippen molar-refractivity contribution < 1.29 is 18.4 Å². The van der Waals surface area contributed by atoms with Gasteiger partial charge in [-0.3, -0.25) is 10.2 Å². The molecular formula is C22H23F3N6O. The van der Waals surface area contributed by atoms with Crippen molar-refractivity contribution in [3.8, 4) is 11.3 Å². The van der Waals surface area contributed by atoms with Crippen LogP contribution >= 0.6 is 0 Å². The van der Waals surface area contributed by atoms with Gasteiger partial charge < -0.3 is 5.32 Å². The number of nitrogens with one attached hydrogen (secondary N) is 1. The van der Waals surface area contributed by atoms with E-state index < -0.39 is 6.05 Å². The van der Waals surface area contributed by atoms with Gasteiger partial charge in [0.05, 0.1) is 5.69 Å². The number of piperidine rings is 1. The minimum absolute atomic E-state index is 0.0178. The lowest BCUT2D eigenvalue weighted by Crippen LogP contribution is -2.52. The largest absolute Gasteiger partial charge is 0.340 e. The molecule has 0 radical (unpaired) electrons. The highest BCUT2D eigenvalue weighted by Crippen LogP contribution is 2.31. The Morgan fingerprint density at radius 2 is 2.03 bits per heavy atom. The molecule has 4 rings (SSSR count). The Morgan fingerprint density at radius 3 is 2.75 bits per heavy atom. The van der Waals surface area contributed by atoms with Crippen LogP contribution in [-0.2, 0) is 0 Å². The minimum Gasteiger partial charge on any atom is -0.340 e. The second-order valence-corrected chi connectivity index (χ2v) is 7.76. The van der Waals surface area contributed by atoms with E-state index in [4.69, 9.17) is 0 Å². The SMILES string of the molecule is CC(F)(F)N(O)N1CCCC(c2nc(Nc3cccc(F)c3)cc(-c3cccnc3)n2)C1. The highest BCUT2D eigenvalue weighted by atomic mass is 19.3. The Bertz CT molecular complexity index is 1060. The fourth-order valence-corrected chi connectivity index (χ4v) is 3.68. The lowest BCUT2D eigenvalue weighted by Gasteiger charge is -2.38. The third kappa shape index (κ3) is 5.21. The van der Waals surface area contributed by atoms with E-state index >= 15 is 0 Å². The van der Waals surface area contributed by atoms with Crippen molar-refractivity contribution >= 4 is 11.5 Å². The predicted octanol–water partition coefficient (Wildman–Crippen LogP) is 4.82. The summed E-state index contributed by atoms with van der Waals surface area (Å²) in [4.78, 5) is 13.4. The fraction of sp³-hybridized carbons (Fsp3) is 0.318. The van der Waals surface area contributed by atoms with Gasteiger partial charge in [-0.25, -0.2) is 19.4 Å². The Kier molecular flexibility index (Phi) is 6.35. The van der Waals surface area contributed by atoms with E-state index in [1.165, 1.54) is 17.1 Å². The molecule has 10 heteroatoms. The van der Waals surface area contributed by atoms with E-state index in [9.17, 15) is 18.4 Å². The number of hydrazine groups is 1. The van der Waals surface area contributed by atoms with Crippen LogP contribution in [0.1, 0.15) is 31.5 Å². The van der Waals surface area contributed by atoms with Crippen molar-refractivity contribution in [2.45, 2.75) is 31.7 Å². The molecule has 2 N–H and O–H groups in total. The fourth-order valence-electron chi connectivity index (χ4n) is 3.68. The average molecular weight is 444 g/mol. The maximum Gasteiger partial charge on any atom is 0.335 e. The number of alkyl halides is 2. The van der Waals surface area contributed by atoms with Crippen molar-refractivity contribution in [3.63, 3.8) is 0 Å². The van der Waals surface area contributed by atoms with E-state index in [1.807, 2.05) is 6.07 Å². The summed E-state index contributed by atoms with van der Waals surface area (Å²) < 4.78 is 40.8. The Labute approximate surface area is 183 Å². The number of benzene rings is 1. The summed E-state index contributed by atoms with van der Waals surface area (Å²) in [5, 5.41) is 14.2. The molecule has 1 saturated heterocycles. The predicted molar refractivity (Wildman–Crippen MR) is 113 cm³/mol. The van der Waals surface area contributed by atoms with Crippen LogP contribution in [0, 0.1) is 5.82 Å². The summed E-state index contributed by atoms with van der Waals surface area (Å²) in [6.45, 7) is 1.07. The van der Waals surface area contributed by atoms with Gasteiger partial charge in [-0.1, -0.05) is 11.2 Å². The van der Waals surface area contributed by atoms with Crippen molar-refractivity contribution in [2.24, 2.45) is 0 Å². The zero-order chi connectivity index (χ0) is 22.7. The van der Waals surface area contributed by atoms with Gasteiger partial charge >= 0.3 is 6.05 Å². The van der Waals surface area contributed by atoms with Crippen LogP contribution in [-0.4, -0.2) is 49.5 Å². The third-order valence-electron chi connectivity index (χ3n) is 5.18. The van der Waals surface area contributed by atoms with E-state index in [0.29, 0.717) is 49.3 Å². The van der Waals surface area contributed by atoms with Gasteiger partial charge in [0.25, 0.3) is 0 Å². The molecule has 2 aromatic heterocycles. The molecule has 0 bridgehead atoms. The molecular weight excluding hydrogens is 421 g/mol. The normalized spacial score (nSPS) is 17.5. The van der Waals surface area contributed by atoms with Gasteiger partial charge in [0.2, 0.25) is 0 Å². The van der Waals surface area contributed by atoms with Crippen LogP contribution in [0.2, 0.25) is 0 Å². The van der Waals surface area contributed by atoms with Gasteiger partial charge in [0.15, 0.2) is 0 Å². The van der Waals surface area contributed by atoms with Crippen LogP contribution < -0.4 is 5.32 Å². The summed E-state index contributed by atoms with van der Waals surface area (Å²) in [5.41, 5.74) is 1.88. The Morgan fingerprint density at radius 1 is 1.19 bits per heavy atom. The number of halogens is 3. The molecule has 1 aliphatic rings. The maximum absolute atomic E-state index is 13.6. The van der Waals surface area contributed by atoms with Gasteiger partial charge in [-0.15, -0.1) is 0 Å². The van der Waals surface area contributed by atoms with Gasteiger partial charge in [-0.2, -0.15) is 8.78 Å². The molecule has 7 nitrogen and oxygen atoms in total. The number of anilines is 2. The van der Waals surface area contributed by atoms with Crippen LogP contribution in [0.3, 0.4) is 0 Å². The number of rotatable bonds is 6. The molecule has 3 aromatic rings. The Hall–Kier alpha value is -3.08. The molecule has 3 heterocycles. The smallest absolute Gasteiger partial charge is 0.335 e. The summed E-state index contributed by atoms with van der Waals surface area (Å²) in [7, 11) is 0. The monoisotopic (exact) mass is 444 g/mol. The van der Waals surface area contributed by atoms with Crippen LogP contribution in [0.4, 0.5) is 24.7 Å². The molecule has 0 saturated carbocycles. The zero-order valence-corrected chi connectivity index (χ0v) is 17.4. The van der Waals surface area contributed by atoms with E-state index in [-0.39, 0.29) is 23.5 Å². The topological polar surface area (TPSA) is 77.4 Å². The summed E-state index contributed by atoms with van der Waals surface area (Å²) in [6, 6.07) is 7.96. The first-order valence-electron chi connectivity index (χ1n) is 10.2. The number of nitrogens with zero attached hydrogens (tertiary/aromatic N) is 5. The first kappa shape index (κ1) is 22.1. The van der Waals surface area contributed by atoms with E-state index in [1.54, 1.807) is 36.7 Å². The number of pyridine rings is 1. The van der Waals surface area contributed by atoms with Crippen molar-refractivity contribution in [1.29, 1.82) is 0 Å². The maximum atomic E-state index is 13.6. The lowest BCUT2D eigenvalue weighted by atomic mass is 9.98. The number of hydrogen-bond donors (Lipinski definition) is 2. The van der Waals surface area contributed by atoms with Gasteiger partial charge in [0, 0.05) is 55.6 Å². The van der Waals surface area contributed by atoms with E-state index in [2.05, 4.69) is 20.3 Å². The Balaban J connectivity index is 1.67. The number of hydrogen-bond acceptors (Lipinski definition) is 7. The third-order valence-corrected chi connectivity index (χ3v) is 5.18. The summed E-state index contributed by atoms with van der Waals surface area (Å²) >= 11 is 0. The lowest BCUT2D eigenvalue weighted by molar-refractivity contribution is -0.378. The molecule has 1 aromatic carbocycles. The van der Waals surface area contributed by atoms with Crippen molar-refractivity contribution in [3.05, 3.63) is 66.5 Å². The molecule has 32 heavy (non-hydrogen) atoms.